The monoisotopic (exact) mass is 882 g/mol. The van der Waals surface area contributed by atoms with E-state index in [0.717, 1.165) is 92.7 Å². The number of para-hydroxylation sites is 1. The summed E-state index contributed by atoms with van der Waals surface area (Å²) in [4.78, 5) is 76.6. The maximum Gasteiger partial charge on any atom is 0.329 e. The number of likely N-dealkylation sites (tertiary alicyclic amines) is 1. The van der Waals surface area contributed by atoms with Crippen LogP contribution in [0.15, 0.2) is 77.9 Å². The molecule has 1 aliphatic carbocycles. The van der Waals surface area contributed by atoms with Gasteiger partial charge >= 0.3 is 5.69 Å². The number of hydrogen-bond acceptors (Lipinski definition) is 8. The lowest BCUT2D eigenvalue weighted by Crippen LogP contribution is -2.47. The lowest BCUT2D eigenvalue weighted by atomic mass is 9.87. The largest absolute Gasteiger partial charge is 0.369 e. The van der Waals surface area contributed by atoms with Gasteiger partial charge in [-0.25, -0.2) is 9.18 Å². The molecule has 4 fully saturated rings. The molecule has 0 spiro atoms. The van der Waals surface area contributed by atoms with Crippen LogP contribution in [-0.2, 0) is 34.4 Å². The highest BCUT2D eigenvalue weighted by Gasteiger charge is 2.34. The zero-order chi connectivity index (χ0) is 44.9. The molecule has 6 heterocycles. The number of fused-ring (bicyclic) bond motifs is 2. The molecule has 3 aliphatic heterocycles. The molecule has 65 heavy (non-hydrogen) atoms. The molecule has 0 radical (unpaired) electrons. The van der Waals surface area contributed by atoms with Gasteiger partial charge in [0.15, 0.2) is 5.82 Å². The van der Waals surface area contributed by atoms with E-state index in [-0.39, 0.29) is 47.6 Å². The summed E-state index contributed by atoms with van der Waals surface area (Å²) in [5.74, 6) is -1.44. The average molecular weight is 883 g/mol. The van der Waals surface area contributed by atoms with Crippen molar-refractivity contribution >= 4 is 51.3 Å². The third kappa shape index (κ3) is 8.24. The predicted molar refractivity (Wildman–Crippen MR) is 245 cm³/mol. The molecule has 2 N–H and O–H groups in total. The third-order valence-electron chi connectivity index (χ3n) is 14.2. The number of halogens is 1. The summed E-state index contributed by atoms with van der Waals surface area (Å²) >= 11 is 0. The minimum Gasteiger partial charge on any atom is -0.369 e. The number of hydrogen-bond donors (Lipinski definition) is 2. The number of carbonyl (C=O) groups excluding carboxylic acids is 4. The van der Waals surface area contributed by atoms with Gasteiger partial charge in [-0.05, 0) is 97.2 Å². The fourth-order valence-electron chi connectivity index (χ4n) is 10.3. The second-order valence-electron chi connectivity index (χ2n) is 18.2. The first-order valence-electron chi connectivity index (χ1n) is 23.0. The first kappa shape index (κ1) is 42.4. The van der Waals surface area contributed by atoms with Gasteiger partial charge in [-0.2, -0.15) is 5.10 Å². The predicted octanol–water partition coefficient (Wildman–Crippen LogP) is 5.20. The molecule has 10 rings (SSSR count). The van der Waals surface area contributed by atoms with E-state index < -0.39 is 11.9 Å². The Kier molecular flexibility index (Phi) is 11.4. The van der Waals surface area contributed by atoms with Crippen molar-refractivity contribution in [3.63, 3.8) is 0 Å². The summed E-state index contributed by atoms with van der Waals surface area (Å²) in [6.45, 7) is 5.73. The van der Waals surface area contributed by atoms with E-state index in [1.807, 2.05) is 48.5 Å². The van der Waals surface area contributed by atoms with Crippen molar-refractivity contribution in [1.29, 1.82) is 0 Å². The first-order chi connectivity index (χ1) is 31.5. The number of nitrogens with zero attached hydrogens (tertiary/aromatic N) is 8. The van der Waals surface area contributed by atoms with Crippen LogP contribution in [0.5, 0.6) is 0 Å². The number of aryl methyl sites for hydroxylation is 2. The number of imide groups is 1. The molecular weight excluding hydrogens is 828 g/mol. The molecule has 338 valence electrons. The first-order valence-corrected chi connectivity index (χ1v) is 23.0. The van der Waals surface area contributed by atoms with Gasteiger partial charge in [-0.1, -0.05) is 24.3 Å². The van der Waals surface area contributed by atoms with Crippen LogP contribution >= 0.6 is 0 Å². The number of piperidine rings is 2. The molecule has 3 aromatic carbocycles. The maximum atomic E-state index is 16.8. The van der Waals surface area contributed by atoms with Crippen molar-refractivity contribution in [3.8, 4) is 11.1 Å². The number of rotatable bonds is 12. The highest BCUT2D eigenvalue weighted by atomic mass is 19.1. The summed E-state index contributed by atoms with van der Waals surface area (Å²) in [6, 6.07) is 19.3. The van der Waals surface area contributed by atoms with Gasteiger partial charge in [0.05, 0.1) is 16.6 Å². The molecule has 1 saturated carbocycles. The van der Waals surface area contributed by atoms with Gasteiger partial charge in [0, 0.05) is 115 Å². The summed E-state index contributed by atoms with van der Waals surface area (Å²) in [7, 11) is 3.55. The van der Waals surface area contributed by atoms with Gasteiger partial charge in [0.1, 0.15) is 11.7 Å². The topological polar surface area (TPSA) is 154 Å². The number of anilines is 1. The fourth-order valence-corrected chi connectivity index (χ4v) is 10.3. The molecule has 3 saturated heterocycles. The normalized spacial score (nSPS) is 19.6. The number of piperazine rings is 1. The summed E-state index contributed by atoms with van der Waals surface area (Å²) in [6.07, 6.45) is 8.55. The minimum absolute atomic E-state index is 0.0316. The average Bonchev–Trinajstić information content (AvgIpc) is 3.73. The van der Waals surface area contributed by atoms with Crippen LogP contribution in [0.1, 0.15) is 78.5 Å². The molecule has 16 heteroatoms. The van der Waals surface area contributed by atoms with Crippen LogP contribution < -0.4 is 15.9 Å². The van der Waals surface area contributed by atoms with Crippen LogP contribution in [-0.4, -0.2) is 121 Å². The van der Waals surface area contributed by atoms with E-state index in [4.69, 9.17) is 0 Å². The highest BCUT2D eigenvalue weighted by molar-refractivity contribution is 6.04. The summed E-state index contributed by atoms with van der Waals surface area (Å²) in [5, 5.41) is 7.27. The lowest BCUT2D eigenvalue weighted by molar-refractivity contribution is -0.136. The second kappa shape index (κ2) is 17.4. The van der Waals surface area contributed by atoms with Crippen molar-refractivity contribution in [1.82, 2.24) is 43.9 Å². The highest BCUT2D eigenvalue weighted by Crippen LogP contribution is 2.40. The van der Waals surface area contributed by atoms with Crippen LogP contribution in [0.25, 0.3) is 33.1 Å². The Morgan fingerprint density at radius 3 is 2.46 bits per heavy atom. The summed E-state index contributed by atoms with van der Waals surface area (Å²) < 4.78 is 21.7. The summed E-state index contributed by atoms with van der Waals surface area (Å²) in [5.41, 5.74) is 6.38. The van der Waals surface area contributed by atoms with Crippen LogP contribution in [0.2, 0.25) is 0 Å². The quantitative estimate of drug-likeness (QED) is 0.159. The van der Waals surface area contributed by atoms with Crippen molar-refractivity contribution in [2.75, 3.05) is 57.8 Å². The molecule has 4 amide bonds. The Bertz CT molecular complexity index is 2850. The molecule has 0 bridgehead atoms. The number of H-pyrrole nitrogens is 1. The Morgan fingerprint density at radius 1 is 0.923 bits per heavy atom. The van der Waals surface area contributed by atoms with E-state index in [1.165, 1.54) is 4.57 Å². The number of imidazole rings is 1. The molecule has 1 unspecified atom stereocenters. The van der Waals surface area contributed by atoms with Crippen LogP contribution in [0, 0.1) is 5.82 Å². The molecular formula is C49H55FN10O5. The number of aromatic amines is 1. The van der Waals surface area contributed by atoms with Gasteiger partial charge < -0.3 is 19.7 Å². The number of amides is 4. The van der Waals surface area contributed by atoms with Crippen molar-refractivity contribution < 1.29 is 23.6 Å². The standard InChI is InChI=1S/C49H55FN10O5/c1-54(34-13-14-34)48(64)39-29-38-36(28-37(44(50)45(38)52-39)33-7-4-20-58(30-33)43(62)18-23-59-21-5-19-51-59)31-9-11-35(12-10-31)57-26-24-56(25-27-57)22-17-32-6-3-8-40-46(32)55(2)49(65)60(40)41-15-16-42(61)53-47(41)63/h3,5-6,8-12,19,21,28-29,33-34,41,52H,4,7,13-18,20,22-27,30H2,1-2H3,(H,53,61,63)/t33-,41?/m0/s1. The van der Waals surface area contributed by atoms with Gasteiger partial charge in [-0.15, -0.1) is 0 Å². The Labute approximate surface area is 375 Å². The fraction of sp³-hybridized carbons (Fsp3) is 0.429. The van der Waals surface area contributed by atoms with Crippen molar-refractivity contribution in [2.24, 2.45) is 7.05 Å². The van der Waals surface area contributed by atoms with Crippen LogP contribution in [0.3, 0.4) is 0 Å². The van der Waals surface area contributed by atoms with E-state index in [0.29, 0.717) is 60.2 Å². The Hall–Kier alpha value is -6.55. The number of carbonyl (C=O) groups is 4. The Balaban J connectivity index is 0.846. The van der Waals surface area contributed by atoms with E-state index in [1.54, 1.807) is 33.5 Å². The Morgan fingerprint density at radius 2 is 1.72 bits per heavy atom. The van der Waals surface area contributed by atoms with E-state index in [2.05, 4.69) is 49.5 Å². The van der Waals surface area contributed by atoms with E-state index in [9.17, 15) is 24.0 Å². The zero-order valence-electron chi connectivity index (χ0n) is 37.0. The zero-order valence-corrected chi connectivity index (χ0v) is 37.0. The third-order valence-corrected chi connectivity index (χ3v) is 14.2. The van der Waals surface area contributed by atoms with Crippen molar-refractivity contribution in [3.05, 3.63) is 106 Å². The van der Waals surface area contributed by atoms with Gasteiger partial charge in [-0.3, -0.25) is 43.2 Å². The number of aromatic nitrogens is 5. The van der Waals surface area contributed by atoms with Crippen molar-refractivity contribution in [2.45, 2.75) is 75.9 Å². The lowest BCUT2D eigenvalue weighted by Gasteiger charge is -2.36. The number of nitrogens with one attached hydrogen (secondary N) is 2. The maximum absolute atomic E-state index is 16.8. The molecule has 3 aromatic heterocycles. The second-order valence-corrected chi connectivity index (χ2v) is 18.2. The van der Waals surface area contributed by atoms with Gasteiger partial charge in [0.2, 0.25) is 17.7 Å². The molecule has 4 aliphatic rings. The number of benzene rings is 3. The van der Waals surface area contributed by atoms with Gasteiger partial charge in [0.25, 0.3) is 5.91 Å². The molecule has 15 nitrogen and oxygen atoms in total. The smallest absolute Gasteiger partial charge is 0.329 e. The SMILES string of the molecule is CN(C(=O)c1cc2c(-c3ccc(N4CCN(CCc5cccc6c5n(C)c(=O)n6C5CCC(=O)NC5=O)CC4)cc3)cc([C@H]3CCCN(C(=O)CCn4cccn4)C3)c(F)c2[nH]1)C1CC1. The minimum atomic E-state index is -0.720. The molecule has 6 aromatic rings. The van der Waals surface area contributed by atoms with Crippen LogP contribution in [0.4, 0.5) is 10.1 Å². The van der Waals surface area contributed by atoms with E-state index >= 15 is 4.39 Å². The molecule has 2 atom stereocenters.